The van der Waals surface area contributed by atoms with E-state index < -0.39 is 11.2 Å². The van der Waals surface area contributed by atoms with Crippen LogP contribution in [0.5, 0.6) is 0 Å². The summed E-state index contributed by atoms with van der Waals surface area (Å²) in [5.41, 5.74) is 1.00. The van der Waals surface area contributed by atoms with E-state index in [1.165, 1.54) is 22.4 Å². The smallest absolute Gasteiger partial charge is 0.328 e. The summed E-state index contributed by atoms with van der Waals surface area (Å²) in [6, 6.07) is 9.15. The van der Waals surface area contributed by atoms with Crippen LogP contribution in [0, 0.1) is 6.92 Å². The van der Waals surface area contributed by atoms with E-state index in [4.69, 9.17) is 4.52 Å². The van der Waals surface area contributed by atoms with Crippen molar-refractivity contribution in [1.29, 1.82) is 0 Å². The average molecular weight is 410 g/mol. The fourth-order valence-electron chi connectivity index (χ4n) is 3.30. The van der Waals surface area contributed by atoms with Crippen molar-refractivity contribution in [2.24, 2.45) is 0 Å². The lowest BCUT2D eigenvalue weighted by molar-refractivity contribution is -0.133. The number of aromatic nitrogens is 4. The molecular weight excluding hydrogens is 388 g/mol. The van der Waals surface area contributed by atoms with Crippen LogP contribution >= 0.6 is 0 Å². The summed E-state index contributed by atoms with van der Waals surface area (Å²) in [6.07, 6.45) is 1.33. The van der Waals surface area contributed by atoms with E-state index in [1.54, 1.807) is 4.90 Å². The maximum atomic E-state index is 12.5. The third-order valence-electron chi connectivity index (χ3n) is 5.06. The number of hydrogen-bond donors (Lipinski definition) is 1. The van der Waals surface area contributed by atoms with Crippen LogP contribution in [-0.4, -0.2) is 61.6 Å². The molecule has 1 N–H and O–H groups in total. The Kier molecular flexibility index (Phi) is 5.57. The Hall–Kier alpha value is -3.53. The summed E-state index contributed by atoms with van der Waals surface area (Å²) in [7, 11) is 0. The van der Waals surface area contributed by atoms with Gasteiger partial charge in [0.15, 0.2) is 0 Å². The highest BCUT2D eigenvalue weighted by Gasteiger charge is 2.23. The highest BCUT2D eigenvalue weighted by atomic mass is 16.5. The molecule has 30 heavy (non-hydrogen) atoms. The number of rotatable bonds is 5. The number of nitrogens with one attached hydrogen (secondary N) is 1. The molecule has 156 valence electrons. The Morgan fingerprint density at radius 2 is 1.83 bits per heavy atom. The highest BCUT2D eigenvalue weighted by molar-refractivity contribution is 5.76. The Morgan fingerprint density at radius 3 is 2.53 bits per heavy atom. The van der Waals surface area contributed by atoms with Crippen LogP contribution < -0.4 is 11.2 Å². The molecule has 1 amide bonds. The first-order valence-electron chi connectivity index (χ1n) is 9.67. The standard InChI is InChI=1S/C20H22N6O4/c1-14-2-4-15(5-3-14)19-22-17(30-23-19)12-24-8-10-25(11-9-24)18(28)13-26-7-6-16(27)21-20(26)29/h2-7H,8-13H2,1H3,(H,21,27,29). The second-order valence-corrected chi connectivity index (χ2v) is 7.27. The molecule has 1 saturated heterocycles. The molecule has 1 aliphatic rings. The number of nitrogens with zero attached hydrogens (tertiary/aromatic N) is 5. The van der Waals surface area contributed by atoms with Crippen LogP contribution in [0.15, 0.2) is 50.6 Å². The van der Waals surface area contributed by atoms with Gasteiger partial charge in [0.25, 0.3) is 5.56 Å². The van der Waals surface area contributed by atoms with Crippen molar-refractivity contribution in [3.05, 3.63) is 68.8 Å². The summed E-state index contributed by atoms with van der Waals surface area (Å²) in [4.78, 5) is 45.8. The number of H-pyrrole nitrogens is 1. The number of aryl methyl sites for hydroxylation is 1. The molecular formula is C20H22N6O4. The van der Waals surface area contributed by atoms with Gasteiger partial charge in [-0.05, 0) is 6.92 Å². The number of amides is 1. The van der Waals surface area contributed by atoms with Gasteiger partial charge in [-0.1, -0.05) is 35.0 Å². The predicted molar refractivity (Wildman–Crippen MR) is 108 cm³/mol. The number of carbonyl (C=O) groups is 1. The lowest BCUT2D eigenvalue weighted by atomic mass is 10.1. The van der Waals surface area contributed by atoms with Crippen molar-refractivity contribution < 1.29 is 9.32 Å². The molecule has 3 heterocycles. The minimum absolute atomic E-state index is 0.0980. The Bertz CT molecular complexity index is 1140. The molecule has 0 aliphatic carbocycles. The second kappa shape index (κ2) is 8.46. The Morgan fingerprint density at radius 1 is 1.10 bits per heavy atom. The summed E-state index contributed by atoms with van der Waals surface area (Å²) < 4.78 is 6.57. The average Bonchev–Trinajstić information content (AvgIpc) is 3.19. The molecule has 3 aromatic rings. The molecule has 2 aromatic heterocycles. The topological polar surface area (TPSA) is 117 Å². The fraction of sp³-hybridized carbons (Fsp3) is 0.350. The summed E-state index contributed by atoms with van der Waals surface area (Å²) in [5, 5.41) is 4.05. The van der Waals surface area contributed by atoms with Crippen molar-refractivity contribution in [1.82, 2.24) is 29.5 Å². The summed E-state index contributed by atoms with van der Waals surface area (Å²) in [6.45, 7) is 4.84. The zero-order valence-corrected chi connectivity index (χ0v) is 16.6. The molecule has 10 nitrogen and oxygen atoms in total. The lowest BCUT2D eigenvalue weighted by Gasteiger charge is -2.34. The zero-order chi connectivity index (χ0) is 21.1. The molecule has 1 aromatic carbocycles. The van der Waals surface area contributed by atoms with Gasteiger partial charge >= 0.3 is 5.69 Å². The van der Waals surface area contributed by atoms with Crippen LogP contribution in [-0.2, 0) is 17.9 Å². The van der Waals surface area contributed by atoms with Crippen molar-refractivity contribution in [2.45, 2.75) is 20.0 Å². The van der Waals surface area contributed by atoms with Crippen LogP contribution in [0.3, 0.4) is 0 Å². The van der Waals surface area contributed by atoms with Gasteiger partial charge in [0.1, 0.15) is 6.54 Å². The van der Waals surface area contributed by atoms with E-state index >= 15 is 0 Å². The van der Waals surface area contributed by atoms with Crippen molar-refractivity contribution in [3.63, 3.8) is 0 Å². The predicted octanol–water partition coefficient (Wildman–Crippen LogP) is 0.239. The van der Waals surface area contributed by atoms with E-state index in [-0.39, 0.29) is 12.5 Å². The Balaban J connectivity index is 1.30. The molecule has 0 saturated carbocycles. The number of piperazine rings is 1. The maximum Gasteiger partial charge on any atom is 0.328 e. The molecule has 1 fully saturated rings. The van der Waals surface area contributed by atoms with Gasteiger partial charge in [-0.2, -0.15) is 4.98 Å². The van der Waals surface area contributed by atoms with Gasteiger partial charge in [0.2, 0.25) is 17.6 Å². The van der Waals surface area contributed by atoms with E-state index in [1.807, 2.05) is 31.2 Å². The first-order valence-corrected chi connectivity index (χ1v) is 9.67. The maximum absolute atomic E-state index is 12.5. The van der Waals surface area contributed by atoms with Gasteiger partial charge in [-0.25, -0.2) is 4.79 Å². The van der Waals surface area contributed by atoms with Gasteiger partial charge in [0.05, 0.1) is 6.54 Å². The van der Waals surface area contributed by atoms with Crippen molar-refractivity contribution >= 4 is 5.91 Å². The first-order chi connectivity index (χ1) is 14.5. The van der Waals surface area contributed by atoms with Crippen LogP contribution in [0.2, 0.25) is 0 Å². The number of hydrogen-bond acceptors (Lipinski definition) is 7. The minimum Gasteiger partial charge on any atom is -0.339 e. The highest BCUT2D eigenvalue weighted by Crippen LogP contribution is 2.17. The minimum atomic E-state index is -0.588. The van der Waals surface area contributed by atoms with Crippen molar-refractivity contribution in [3.8, 4) is 11.4 Å². The third-order valence-corrected chi connectivity index (χ3v) is 5.06. The zero-order valence-electron chi connectivity index (χ0n) is 16.6. The molecule has 1 aliphatic heterocycles. The number of carbonyl (C=O) groups excluding carboxylic acids is 1. The molecule has 0 spiro atoms. The van der Waals surface area contributed by atoms with E-state index in [9.17, 15) is 14.4 Å². The van der Waals surface area contributed by atoms with E-state index in [0.717, 1.165) is 5.56 Å². The van der Waals surface area contributed by atoms with Gasteiger partial charge < -0.3 is 9.42 Å². The largest absolute Gasteiger partial charge is 0.339 e. The van der Waals surface area contributed by atoms with Crippen LogP contribution in [0.4, 0.5) is 0 Å². The molecule has 4 rings (SSSR count). The lowest BCUT2D eigenvalue weighted by Crippen LogP contribution is -2.49. The number of benzene rings is 1. The first kappa shape index (κ1) is 19.8. The quantitative estimate of drug-likeness (QED) is 0.640. The monoisotopic (exact) mass is 410 g/mol. The molecule has 0 bridgehead atoms. The Labute approximate surface area is 171 Å². The van der Waals surface area contributed by atoms with Crippen LogP contribution in [0.1, 0.15) is 11.5 Å². The number of aromatic amines is 1. The molecule has 0 atom stereocenters. The molecule has 10 heteroatoms. The second-order valence-electron chi connectivity index (χ2n) is 7.27. The molecule has 0 unspecified atom stereocenters. The summed E-state index contributed by atoms with van der Waals surface area (Å²) >= 11 is 0. The van der Waals surface area contributed by atoms with Crippen LogP contribution in [0.25, 0.3) is 11.4 Å². The van der Waals surface area contributed by atoms with E-state index in [2.05, 4.69) is 20.0 Å². The van der Waals surface area contributed by atoms with E-state index in [0.29, 0.717) is 44.4 Å². The SMILES string of the molecule is Cc1ccc(-c2noc(CN3CCN(C(=O)Cn4ccc(=O)[nH]c4=O)CC3)n2)cc1. The van der Waals surface area contributed by atoms with Crippen molar-refractivity contribution in [2.75, 3.05) is 26.2 Å². The molecule has 0 radical (unpaired) electrons. The van der Waals surface area contributed by atoms with Gasteiger partial charge in [0, 0.05) is 44.0 Å². The van der Waals surface area contributed by atoms with Gasteiger partial charge in [-0.15, -0.1) is 0 Å². The summed E-state index contributed by atoms with van der Waals surface area (Å²) in [5.74, 6) is 0.929. The third kappa shape index (κ3) is 4.54. The fourth-order valence-corrected chi connectivity index (χ4v) is 3.30. The normalized spacial score (nSPS) is 14.8. The van der Waals surface area contributed by atoms with Gasteiger partial charge in [-0.3, -0.25) is 24.0 Å².